The lowest BCUT2D eigenvalue weighted by Crippen LogP contribution is -2.45. The summed E-state index contributed by atoms with van der Waals surface area (Å²) < 4.78 is 30.4. The minimum atomic E-state index is -1.22. The smallest absolute Gasteiger partial charge is 0.230 e. The molecule has 1 saturated heterocycles. The number of carbonyl (C=O) groups is 1. The topological polar surface area (TPSA) is 52.7 Å². The van der Waals surface area contributed by atoms with E-state index in [4.69, 9.17) is 0 Å². The Morgan fingerprint density at radius 1 is 1.18 bits per heavy atom. The standard InChI is InChI=1S/C27H38FN3O2S/c1-5-27(6-2,26(32)29-16-18-30(3)4)23-15-14-22(24(28)19-23)20-31-17-10-13-25(34(31)33)21-11-8-7-9-12-21/h7-9,11-12,14-15,19,25H,5-6,10,13,16-18,20H2,1-4H3,(H,29,32)/t25-,34?/m1/s1. The normalized spacial score (nSPS) is 19.4. The van der Waals surface area contributed by atoms with Crippen LogP contribution in [0, 0.1) is 5.82 Å². The van der Waals surface area contributed by atoms with Crippen LogP contribution in [0.5, 0.6) is 0 Å². The van der Waals surface area contributed by atoms with Gasteiger partial charge in [-0.1, -0.05) is 56.3 Å². The molecule has 3 rings (SSSR count). The van der Waals surface area contributed by atoms with Crippen molar-refractivity contribution in [3.8, 4) is 0 Å². The number of nitrogens with one attached hydrogen (secondary N) is 1. The van der Waals surface area contributed by atoms with E-state index in [1.807, 2.05) is 73.5 Å². The zero-order valence-corrected chi connectivity index (χ0v) is 21.7. The van der Waals surface area contributed by atoms with Gasteiger partial charge in [0.05, 0.1) is 10.7 Å². The van der Waals surface area contributed by atoms with Crippen molar-refractivity contribution in [2.45, 2.75) is 56.7 Å². The van der Waals surface area contributed by atoms with E-state index in [0.29, 0.717) is 43.6 Å². The Hall–Kier alpha value is -2.09. The van der Waals surface area contributed by atoms with Crippen molar-refractivity contribution in [2.24, 2.45) is 0 Å². The van der Waals surface area contributed by atoms with Crippen molar-refractivity contribution in [2.75, 3.05) is 33.7 Å². The molecule has 1 unspecified atom stereocenters. The van der Waals surface area contributed by atoms with E-state index in [-0.39, 0.29) is 17.0 Å². The molecule has 7 heteroatoms. The Labute approximate surface area is 206 Å². The van der Waals surface area contributed by atoms with Gasteiger partial charge in [0, 0.05) is 31.7 Å². The second kappa shape index (κ2) is 12.0. The van der Waals surface area contributed by atoms with Crippen LogP contribution in [0.2, 0.25) is 0 Å². The predicted molar refractivity (Wildman–Crippen MR) is 137 cm³/mol. The van der Waals surface area contributed by atoms with E-state index >= 15 is 4.39 Å². The highest BCUT2D eigenvalue weighted by Gasteiger charge is 2.37. The van der Waals surface area contributed by atoms with Crippen molar-refractivity contribution < 1.29 is 13.4 Å². The van der Waals surface area contributed by atoms with Gasteiger partial charge in [-0.25, -0.2) is 12.9 Å². The fourth-order valence-corrected chi connectivity index (χ4v) is 6.45. The summed E-state index contributed by atoms with van der Waals surface area (Å²) in [5.74, 6) is -0.405. The Morgan fingerprint density at radius 2 is 1.88 bits per heavy atom. The Bertz CT molecular complexity index is 979. The van der Waals surface area contributed by atoms with Gasteiger partial charge in [0.2, 0.25) is 5.91 Å². The van der Waals surface area contributed by atoms with Crippen molar-refractivity contribution >= 4 is 16.9 Å². The van der Waals surface area contributed by atoms with Crippen molar-refractivity contribution in [3.05, 3.63) is 71.0 Å². The van der Waals surface area contributed by atoms with E-state index in [9.17, 15) is 9.00 Å². The molecule has 0 spiro atoms. The first-order valence-corrected chi connectivity index (χ1v) is 13.4. The van der Waals surface area contributed by atoms with Gasteiger partial charge in [0.1, 0.15) is 16.8 Å². The van der Waals surface area contributed by atoms with Gasteiger partial charge in [-0.05, 0) is 57.0 Å². The van der Waals surface area contributed by atoms with Gasteiger partial charge in [0.15, 0.2) is 0 Å². The van der Waals surface area contributed by atoms with Crippen LogP contribution >= 0.6 is 0 Å². The summed E-state index contributed by atoms with van der Waals surface area (Å²) in [6.07, 6.45) is 2.97. The quantitative estimate of drug-likeness (QED) is 0.535. The molecule has 186 valence electrons. The van der Waals surface area contributed by atoms with Crippen LogP contribution in [0.4, 0.5) is 4.39 Å². The monoisotopic (exact) mass is 487 g/mol. The van der Waals surface area contributed by atoms with E-state index < -0.39 is 16.4 Å². The molecule has 5 nitrogen and oxygen atoms in total. The van der Waals surface area contributed by atoms with Crippen LogP contribution in [0.25, 0.3) is 0 Å². The minimum absolute atomic E-state index is 0.0593. The molecular weight excluding hydrogens is 449 g/mol. The zero-order chi connectivity index (χ0) is 24.7. The summed E-state index contributed by atoms with van der Waals surface area (Å²) >= 11 is 0. The maximum atomic E-state index is 15.3. The molecule has 0 aromatic heterocycles. The van der Waals surface area contributed by atoms with E-state index in [1.165, 1.54) is 6.07 Å². The summed E-state index contributed by atoms with van der Waals surface area (Å²) in [5.41, 5.74) is 1.51. The van der Waals surface area contributed by atoms with Gasteiger partial charge in [0.25, 0.3) is 0 Å². The molecule has 2 aromatic rings. The average molecular weight is 488 g/mol. The molecule has 0 radical (unpaired) electrons. The molecule has 0 saturated carbocycles. The molecule has 1 fully saturated rings. The highest BCUT2D eigenvalue weighted by molar-refractivity contribution is 7.82. The van der Waals surface area contributed by atoms with Gasteiger partial charge in [-0.2, -0.15) is 0 Å². The number of hydrogen-bond acceptors (Lipinski definition) is 3. The molecule has 0 bridgehead atoms. The number of likely N-dealkylation sites (N-methyl/N-ethyl adjacent to an activating group) is 1. The number of nitrogens with zero attached hydrogens (tertiary/aromatic N) is 2. The van der Waals surface area contributed by atoms with Gasteiger partial charge < -0.3 is 10.2 Å². The second-order valence-corrected chi connectivity index (χ2v) is 11.0. The lowest BCUT2D eigenvalue weighted by molar-refractivity contribution is -0.127. The molecule has 2 atom stereocenters. The number of hydrogen-bond donors (Lipinski definition) is 1. The first-order valence-electron chi connectivity index (χ1n) is 12.2. The lowest BCUT2D eigenvalue weighted by atomic mass is 9.74. The van der Waals surface area contributed by atoms with Crippen LogP contribution in [0.3, 0.4) is 0 Å². The van der Waals surface area contributed by atoms with Crippen molar-refractivity contribution in [3.63, 3.8) is 0 Å². The highest BCUT2D eigenvalue weighted by atomic mass is 32.2. The zero-order valence-electron chi connectivity index (χ0n) is 20.9. The molecule has 2 aromatic carbocycles. The molecule has 1 heterocycles. The molecule has 0 aliphatic carbocycles. The molecule has 1 aliphatic rings. The average Bonchev–Trinajstić information content (AvgIpc) is 2.83. The largest absolute Gasteiger partial charge is 0.354 e. The van der Waals surface area contributed by atoms with Gasteiger partial charge in [-0.3, -0.25) is 4.79 Å². The first-order chi connectivity index (χ1) is 16.3. The maximum absolute atomic E-state index is 15.3. The third-order valence-corrected chi connectivity index (χ3v) is 8.80. The number of rotatable bonds is 10. The molecule has 1 amide bonds. The number of halogens is 1. The third kappa shape index (κ3) is 5.93. The molecular formula is C27H38FN3O2S. The summed E-state index contributed by atoms with van der Waals surface area (Å²) in [6.45, 7) is 6.22. The van der Waals surface area contributed by atoms with Crippen LogP contribution < -0.4 is 5.32 Å². The fraction of sp³-hybridized carbons (Fsp3) is 0.519. The van der Waals surface area contributed by atoms with Gasteiger partial charge in [-0.15, -0.1) is 0 Å². The Balaban J connectivity index is 1.77. The minimum Gasteiger partial charge on any atom is -0.354 e. The van der Waals surface area contributed by atoms with Crippen LogP contribution in [-0.2, 0) is 27.7 Å². The molecule has 1 N–H and O–H groups in total. The lowest BCUT2D eigenvalue weighted by Gasteiger charge is -2.33. The summed E-state index contributed by atoms with van der Waals surface area (Å²) in [6, 6.07) is 15.1. The number of carbonyl (C=O) groups excluding carboxylic acids is 1. The van der Waals surface area contributed by atoms with Crippen molar-refractivity contribution in [1.29, 1.82) is 0 Å². The predicted octanol–water partition coefficient (Wildman–Crippen LogP) is 4.56. The van der Waals surface area contributed by atoms with E-state index in [2.05, 4.69) is 5.32 Å². The second-order valence-electron chi connectivity index (χ2n) is 9.34. The first kappa shape index (κ1) is 26.5. The van der Waals surface area contributed by atoms with Crippen LogP contribution in [-0.4, -0.2) is 53.1 Å². The van der Waals surface area contributed by atoms with E-state index in [0.717, 1.165) is 24.9 Å². The third-order valence-electron chi connectivity index (χ3n) is 6.98. The molecule has 34 heavy (non-hydrogen) atoms. The van der Waals surface area contributed by atoms with Crippen LogP contribution in [0.1, 0.15) is 61.5 Å². The van der Waals surface area contributed by atoms with E-state index in [1.54, 1.807) is 6.07 Å². The Kier molecular flexibility index (Phi) is 9.39. The molecule has 1 aliphatic heterocycles. The van der Waals surface area contributed by atoms with Crippen molar-refractivity contribution in [1.82, 2.24) is 14.5 Å². The SMILES string of the molecule is CCC(CC)(C(=O)NCCN(C)C)c1ccc(CN2CCC[C@H](c3ccccc3)S2=O)c(F)c1. The maximum Gasteiger partial charge on any atom is 0.230 e. The van der Waals surface area contributed by atoms with Crippen LogP contribution in [0.15, 0.2) is 48.5 Å². The summed E-state index contributed by atoms with van der Waals surface area (Å²) in [7, 11) is 2.71. The van der Waals surface area contributed by atoms with Gasteiger partial charge >= 0.3 is 0 Å². The number of benzene rings is 2. The highest BCUT2D eigenvalue weighted by Crippen LogP contribution is 2.35. The fourth-order valence-electron chi connectivity index (χ4n) is 4.75. The Morgan fingerprint density at radius 3 is 2.50 bits per heavy atom. The summed E-state index contributed by atoms with van der Waals surface area (Å²) in [4.78, 5) is 15.2. The summed E-state index contributed by atoms with van der Waals surface area (Å²) in [5, 5.41) is 2.97. The number of amides is 1.